The highest BCUT2D eigenvalue weighted by Crippen LogP contribution is 2.34. The molecule has 0 unspecified atom stereocenters. The van der Waals surface area contributed by atoms with Crippen molar-refractivity contribution in [2.45, 2.75) is 56.5 Å². The van der Waals surface area contributed by atoms with Gasteiger partial charge in [-0.15, -0.1) is 0 Å². The number of hydrogen-bond donors (Lipinski definition) is 3. The van der Waals surface area contributed by atoms with Gasteiger partial charge in [0.25, 0.3) is 5.56 Å². The predicted octanol–water partition coefficient (Wildman–Crippen LogP) is 2.83. The zero-order valence-electron chi connectivity index (χ0n) is 18.0. The standard InChI is InChI=1S/C22H26N4O5S/c1-12-21(13(2)31-25-12)14-7-18-17(9-19(22(27)24-18)23-16-10-30-11-16)20(8-14)32(28,29)26-15-5-3-4-6-15/h7-9,15-16,23,26H,3-6,10-11H2,1-2H3,(H,24,27). The Morgan fingerprint density at radius 3 is 2.47 bits per heavy atom. The van der Waals surface area contributed by atoms with E-state index in [0.29, 0.717) is 46.8 Å². The number of aryl methyl sites for hydroxylation is 2. The van der Waals surface area contributed by atoms with Crippen molar-refractivity contribution in [3.05, 3.63) is 40.0 Å². The Hall–Kier alpha value is -2.69. The molecule has 2 aliphatic rings. The highest BCUT2D eigenvalue weighted by Gasteiger charge is 2.27. The van der Waals surface area contributed by atoms with Crippen LogP contribution in [0.3, 0.4) is 0 Å². The van der Waals surface area contributed by atoms with Crippen molar-refractivity contribution in [1.29, 1.82) is 0 Å². The molecule has 1 aliphatic carbocycles. The van der Waals surface area contributed by atoms with Gasteiger partial charge >= 0.3 is 0 Å². The van der Waals surface area contributed by atoms with Crippen molar-refractivity contribution in [2.24, 2.45) is 0 Å². The molecule has 1 saturated heterocycles. The summed E-state index contributed by atoms with van der Waals surface area (Å²) in [6, 6.07) is 4.98. The third-order valence-corrected chi connectivity index (χ3v) is 7.77. The second-order valence-corrected chi connectivity index (χ2v) is 10.3. The summed E-state index contributed by atoms with van der Waals surface area (Å²) >= 11 is 0. The molecule has 0 spiro atoms. The van der Waals surface area contributed by atoms with Crippen LogP contribution in [-0.2, 0) is 14.8 Å². The highest BCUT2D eigenvalue weighted by molar-refractivity contribution is 7.89. The molecular formula is C22H26N4O5S. The molecule has 0 atom stereocenters. The number of sulfonamides is 1. The summed E-state index contributed by atoms with van der Waals surface area (Å²) in [7, 11) is -3.83. The maximum Gasteiger partial charge on any atom is 0.271 e. The second kappa shape index (κ2) is 8.02. The smallest absolute Gasteiger partial charge is 0.271 e. The lowest BCUT2D eigenvalue weighted by Crippen LogP contribution is -2.41. The van der Waals surface area contributed by atoms with Crippen molar-refractivity contribution in [3.8, 4) is 11.1 Å². The fourth-order valence-corrected chi connectivity index (χ4v) is 6.06. The number of aromatic nitrogens is 2. The van der Waals surface area contributed by atoms with Gasteiger partial charge in [0, 0.05) is 17.0 Å². The number of pyridine rings is 1. The first-order chi connectivity index (χ1) is 15.3. The van der Waals surface area contributed by atoms with Crippen LogP contribution in [0, 0.1) is 13.8 Å². The van der Waals surface area contributed by atoms with Crippen molar-refractivity contribution in [2.75, 3.05) is 18.5 Å². The minimum absolute atomic E-state index is 0.0341. The number of nitrogens with zero attached hydrogens (tertiary/aromatic N) is 1. The number of hydrogen-bond acceptors (Lipinski definition) is 7. The molecule has 0 amide bonds. The van der Waals surface area contributed by atoms with Gasteiger partial charge in [-0.25, -0.2) is 13.1 Å². The first kappa shape index (κ1) is 21.2. The van der Waals surface area contributed by atoms with E-state index in [4.69, 9.17) is 9.26 Å². The summed E-state index contributed by atoms with van der Waals surface area (Å²) < 4.78 is 40.3. The molecule has 1 saturated carbocycles. The van der Waals surface area contributed by atoms with Gasteiger partial charge in [0.1, 0.15) is 11.4 Å². The summed E-state index contributed by atoms with van der Waals surface area (Å²) in [4.78, 5) is 15.7. The number of H-pyrrole nitrogens is 1. The zero-order chi connectivity index (χ0) is 22.5. The molecule has 0 bridgehead atoms. The summed E-state index contributed by atoms with van der Waals surface area (Å²) in [5.74, 6) is 0.583. The van der Waals surface area contributed by atoms with Gasteiger partial charge in [0.15, 0.2) is 0 Å². The lowest BCUT2D eigenvalue weighted by Gasteiger charge is -2.27. The minimum atomic E-state index is -3.83. The highest BCUT2D eigenvalue weighted by atomic mass is 32.2. The third kappa shape index (κ3) is 3.82. The first-order valence-corrected chi connectivity index (χ1v) is 12.3. The van der Waals surface area contributed by atoms with Crippen LogP contribution in [0.4, 0.5) is 5.69 Å². The van der Waals surface area contributed by atoms with Crippen molar-refractivity contribution >= 4 is 26.6 Å². The minimum Gasteiger partial charge on any atom is -0.377 e. The van der Waals surface area contributed by atoms with Crippen molar-refractivity contribution < 1.29 is 17.7 Å². The summed E-state index contributed by atoms with van der Waals surface area (Å²) in [6.07, 6.45) is 3.67. The van der Waals surface area contributed by atoms with Crippen LogP contribution in [0.1, 0.15) is 37.1 Å². The molecule has 1 aromatic carbocycles. The van der Waals surface area contributed by atoms with E-state index in [1.165, 1.54) is 0 Å². The molecule has 170 valence electrons. The quantitative estimate of drug-likeness (QED) is 0.518. The summed E-state index contributed by atoms with van der Waals surface area (Å²) in [6.45, 7) is 4.60. The van der Waals surface area contributed by atoms with E-state index in [9.17, 15) is 13.2 Å². The second-order valence-electron chi connectivity index (χ2n) is 8.63. The molecule has 32 heavy (non-hydrogen) atoms. The topological polar surface area (TPSA) is 126 Å². The Bertz CT molecular complexity index is 1310. The molecule has 10 heteroatoms. The van der Waals surface area contributed by atoms with E-state index < -0.39 is 10.0 Å². The van der Waals surface area contributed by atoms with Crippen molar-refractivity contribution in [1.82, 2.24) is 14.9 Å². The van der Waals surface area contributed by atoms with Crippen LogP contribution >= 0.6 is 0 Å². The SMILES string of the molecule is Cc1noc(C)c1-c1cc(S(=O)(=O)NC2CCCC2)c2cc(NC3COC3)c(=O)[nH]c2c1. The fraction of sp³-hybridized carbons (Fsp3) is 0.455. The van der Waals surface area contributed by atoms with E-state index in [-0.39, 0.29) is 22.5 Å². The van der Waals surface area contributed by atoms with Crippen LogP contribution in [0.5, 0.6) is 0 Å². The van der Waals surface area contributed by atoms with E-state index >= 15 is 0 Å². The van der Waals surface area contributed by atoms with Gasteiger partial charge in [0.2, 0.25) is 10.0 Å². The zero-order valence-corrected chi connectivity index (χ0v) is 18.8. The molecule has 2 aromatic heterocycles. The number of anilines is 1. The first-order valence-electron chi connectivity index (χ1n) is 10.8. The number of ether oxygens (including phenoxy) is 1. The van der Waals surface area contributed by atoms with E-state index in [1.54, 1.807) is 32.0 Å². The van der Waals surface area contributed by atoms with E-state index in [1.807, 2.05) is 0 Å². The van der Waals surface area contributed by atoms with Gasteiger partial charge < -0.3 is 19.6 Å². The predicted molar refractivity (Wildman–Crippen MR) is 120 cm³/mol. The monoisotopic (exact) mass is 458 g/mol. The maximum absolute atomic E-state index is 13.5. The normalized spacial score (nSPS) is 17.7. The van der Waals surface area contributed by atoms with E-state index in [2.05, 4.69) is 20.2 Å². The average Bonchev–Trinajstić information content (AvgIpc) is 3.33. The summed E-state index contributed by atoms with van der Waals surface area (Å²) in [5.41, 5.74) is 2.46. The fourth-order valence-electron chi connectivity index (χ4n) is 4.51. The number of fused-ring (bicyclic) bond motifs is 1. The van der Waals surface area contributed by atoms with Gasteiger partial charge in [0.05, 0.1) is 35.4 Å². The Morgan fingerprint density at radius 1 is 1.09 bits per heavy atom. The van der Waals surface area contributed by atoms with Crippen LogP contribution < -0.4 is 15.6 Å². The lowest BCUT2D eigenvalue weighted by atomic mass is 10.0. The Morgan fingerprint density at radius 2 is 1.84 bits per heavy atom. The molecule has 5 rings (SSSR count). The van der Waals surface area contributed by atoms with Crippen LogP contribution in [0.25, 0.3) is 22.0 Å². The average molecular weight is 459 g/mol. The Balaban J connectivity index is 1.69. The molecule has 3 heterocycles. The molecule has 3 N–H and O–H groups in total. The molecule has 1 aliphatic heterocycles. The number of benzene rings is 1. The number of nitrogens with one attached hydrogen (secondary N) is 3. The van der Waals surface area contributed by atoms with Gasteiger partial charge in [-0.2, -0.15) is 0 Å². The van der Waals surface area contributed by atoms with E-state index in [0.717, 1.165) is 31.2 Å². The molecule has 2 fully saturated rings. The maximum atomic E-state index is 13.5. The number of aromatic amines is 1. The van der Waals surface area contributed by atoms with Crippen molar-refractivity contribution in [3.63, 3.8) is 0 Å². The number of rotatable bonds is 6. The molecule has 0 radical (unpaired) electrons. The molecule has 3 aromatic rings. The van der Waals surface area contributed by atoms with Gasteiger partial charge in [-0.3, -0.25) is 4.79 Å². The molecule has 9 nitrogen and oxygen atoms in total. The van der Waals surface area contributed by atoms with Crippen LogP contribution in [-0.4, -0.2) is 43.9 Å². The Labute approximate surface area is 185 Å². The Kier molecular flexibility index (Phi) is 5.31. The van der Waals surface area contributed by atoms with Gasteiger partial charge in [-0.05, 0) is 50.5 Å². The van der Waals surface area contributed by atoms with Crippen LogP contribution in [0.2, 0.25) is 0 Å². The summed E-state index contributed by atoms with van der Waals surface area (Å²) in [5, 5.41) is 7.59. The van der Waals surface area contributed by atoms with Gasteiger partial charge in [-0.1, -0.05) is 18.0 Å². The molecular weight excluding hydrogens is 432 g/mol. The third-order valence-electron chi connectivity index (χ3n) is 6.21. The largest absolute Gasteiger partial charge is 0.377 e. The van der Waals surface area contributed by atoms with Crippen LogP contribution in [0.15, 0.2) is 32.4 Å². The lowest BCUT2D eigenvalue weighted by molar-refractivity contribution is 0.0210.